The molecule has 0 bridgehead atoms. The number of hydrogen-bond donors (Lipinski definition) is 1. The van der Waals surface area contributed by atoms with Crippen molar-refractivity contribution >= 4 is 5.91 Å². The molecule has 14 heavy (non-hydrogen) atoms. The lowest BCUT2D eigenvalue weighted by molar-refractivity contribution is -0.129. The van der Waals surface area contributed by atoms with E-state index in [1.165, 1.54) is 6.42 Å². The van der Waals surface area contributed by atoms with Crippen LogP contribution in [0.3, 0.4) is 0 Å². The third kappa shape index (κ3) is 1.82. The lowest BCUT2D eigenvalue weighted by atomic mass is 10.1. The van der Waals surface area contributed by atoms with Crippen molar-refractivity contribution in [2.24, 2.45) is 5.92 Å². The normalized spacial score (nSPS) is 33.4. The van der Waals surface area contributed by atoms with Crippen LogP contribution < -0.4 is 5.32 Å². The Morgan fingerprint density at radius 1 is 1.57 bits per heavy atom. The van der Waals surface area contributed by atoms with Crippen LogP contribution in [-0.4, -0.2) is 36.5 Å². The first-order valence-corrected chi connectivity index (χ1v) is 5.44. The van der Waals surface area contributed by atoms with Crippen molar-refractivity contribution in [3.8, 4) is 0 Å². The summed E-state index contributed by atoms with van der Waals surface area (Å²) in [5.41, 5.74) is 0. The van der Waals surface area contributed by atoms with E-state index in [9.17, 15) is 4.79 Å². The summed E-state index contributed by atoms with van der Waals surface area (Å²) in [5, 5.41) is 3.35. The van der Waals surface area contributed by atoms with Crippen molar-refractivity contribution in [2.45, 2.75) is 25.3 Å². The Balaban J connectivity index is 1.96. The summed E-state index contributed by atoms with van der Waals surface area (Å²) in [5.74, 6) is 0.688. The summed E-state index contributed by atoms with van der Waals surface area (Å²) in [6.07, 6.45) is 4.92. The van der Waals surface area contributed by atoms with Gasteiger partial charge in [-0.05, 0) is 19.4 Å². The van der Waals surface area contributed by atoms with E-state index in [1.54, 1.807) is 0 Å². The summed E-state index contributed by atoms with van der Waals surface area (Å²) >= 11 is 0. The quantitative estimate of drug-likeness (QED) is 0.659. The van der Waals surface area contributed by atoms with Gasteiger partial charge in [-0.3, -0.25) is 4.79 Å². The van der Waals surface area contributed by atoms with Gasteiger partial charge in [0.15, 0.2) is 0 Å². The van der Waals surface area contributed by atoms with Crippen LogP contribution in [0.4, 0.5) is 0 Å². The maximum atomic E-state index is 11.7. The second-order valence-electron chi connectivity index (χ2n) is 4.25. The predicted octanol–water partition coefficient (Wildman–Crippen LogP) is 0.773. The van der Waals surface area contributed by atoms with Crippen molar-refractivity contribution in [3.05, 3.63) is 12.7 Å². The Morgan fingerprint density at radius 3 is 3.00 bits per heavy atom. The van der Waals surface area contributed by atoms with Gasteiger partial charge in [-0.25, -0.2) is 0 Å². The highest BCUT2D eigenvalue weighted by atomic mass is 16.2. The number of nitrogens with one attached hydrogen (secondary N) is 1. The van der Waals surface area contributed by atoms with Crippen LogP contribution >= 0.6 is 0 Å². The van der Waals surface area contributed by atoms with Gasteiger partial charge in [0.1, 0.15) is 0 Å². The van der Waals surface area contributed by atoms with Gasteiger partial charge in [-0.1, -0.05) is 6.08 Å². The molecular formula is C11H18N2O. The van der Waals surface area contributed by atoms with Crippen LogP contribution in [0.15, 0.2) is 12.7 Å². The van der Waals surface area contributed by atoms with Crippen molar-refractivity contribution in [1.29, 1.82) is 0 Å². The van der Waals surface area contributed by atoms with Crippen molar-refractivity contribution < 1.29 is 4.79 Å². The molecule has 2 fully saturated rings. The minimum Gasteiger partial charge on any atom is -0.338 e. The molecule has 0 saturated carbocycles. The molecule has 1 amide bonds. The molecule has 3 nitrogen and oxygen atoms in total. The third-order valence-electron chi connectivity index (χ3n) is 3.23. The molecule has 2 saturated heterocycles. The largest absolute Gasteiger partial charge is 0.338 e. The minimum absolute atomic E-state index is 0.309. The van der Waals surface area contributed by atoms with Crippen LogP contribution in [0.5, 0.6) is 0 Å². The van der Waals surface area contributed by atoms with Crippen molar-refractivity contribution in [2.75, 3.05) is 19.6 Å². The number of carbonyl (C=O) groups is 1. The van der Waals surface area contributed by atoms with Gasteiger partial charge >= 0.3 is 0 Å². The summed E-state index contributed by atoms with van der Waals surface area (Å²) in [4.78, 5) is 13.7. The van der Waals surface area contributed by atoms with Crippen LogP contribution in [0.25, 0.3) is 0 Å². The van der Waals surface area contributed by atoms with Gasteiger partial charge in [0, 0.05) is 31.5 Å². The molecule has 2 aliphatic heterocycles. The first kappa shape index (κ1) is 9.71. The van der Waals surface area contributed by atoms with Crippen LogP contribution in [0.1, 0.15) is 19.3 Å². The van der Waals surface area contributed by atoms with Gasteiger partial charge in [0.05, 0.1) is 0 Å². The Morgan fingerprint density at radius 2 is 2.43 bits per heavy atom. The first-order chi connectivity index (χ1) is 6.81. The monoisotopic (exact) mass is 194 g/mol. The van der Waals surface area contributed by atoms with E-state index in [-0.39, 0.29) is 0 Å². The smallest absolute Gasteiger partial charge is 0.223 e. The second kappa shape index (κ2) is 4.13. The number of carbonyl (C=O) groups excluding carboxylic acids is 1. The topological polar surface area (TPSA) is 32.3 Å². The summed E-state index contributed by atoms with van der Waals surface area (Å²) in [6, 6.07) is 0.432. The molecule has 0 spiro atoms. The summed E-state index contributed by atoms with van der Waals surface area (Å²) < 4.78 is 0. The summed E-state index contributed by atoms with van der Waals surface area (Å²) in [7, 11) is 0. The van der Waals surface area contributed by atoms with E-state index in [0.717, 1.165) is 26.1 Å². The zero-order valence-electron chi connectivity index (χ0n) is 8.54. The molecule has 1 unspecified atom stereocenters. The van der Waals surface area contributed by atoms with E-state index < -0.39 is 0 Å². The van der Waals surface area contributed by atoms with Gasteiger partial charge in [-0.2, -0.15) is 0 Å². The number of amides is 1. The fourth-order valence-corrected chi connectivity index (χ4v) is 2.37. The first-order valence-electron chi connectivity index (χ1n) is 5.44. The third-order valence-corrected chi connectivity index (χ3v) is 3.23. The second-order valence-corrected chi connectivity index (χ2v) is 4.25. The maximum Gasteiger partial charge on any atom is 0.223 e. The molecule has 0 aromatic rings. The molecule has 78 valence electrons. The molecule has 2 aliphatic rings. The summed E-state index contributed by atoms with van der Waals surface area (Å²) in [6.45, 7) is 6.71. The van der Waals surface area contributed by atoms with E-state index in [1.807, 2.05) is 11.0 Å². The number of rotatable bonds is 2. The highest BCUT2D eigenvalue weighted by molar-refractivity contribution is 5.79. The SMILES string of the molecule is C=CC1CC(=O)N([C@@H]2CCCNC2)C1. The lowest BCUT2D eigenvalue weighted by Gasteiger charge is -2.31. The van der Waals surface area contributed by atoms with E-state index >= 15 is 0 Å². The lowest BCUT2D eigenvalue weighted by Crippen LogP contribution is -2.46. The number of piperidine rings is 1. The Labute approximate surface area is 85.2 Å². The average Bonchev–Trinajstić information content (AvgIpc) is 2.61. The number of hydrogen-bond acceptors (Lipinski definition) is 2. The van der Waals surface area contributed by atoms with Crippen molar-refractivity contribution in [3.63, 3.8) is 0 Å². The Bertz CT molecular complexity index is 233. The Hall–Kier alpha value is -0.830. The van der Waals surface area contributed by atoms with Crippen LogP contribution in [-0.2, 0) is 4.79 Å². The number of nitrogens with zero attached hydrogens (tertiary/aromatic N) is 1. The predicted molar refractivity (Wildman–Crippen MR) is 55.9 cm³/mol. The molecule has 2 rings (SSSR count). The molecule has 0 aliphatic carbocycles. The van der Waals surface area contributed by atoms with E-state index in [4.69, 9.17) is 0 Å². The fourth-order valence-electron chi connectivity index (χ4n) is 2.37. The van der Waals surface area contributed by atoms with E-state index in [0.29, 0.717) is 24.3 Å². The molecule has 0 aromatic carbocycles. The zero-order chi connectivity index (χ0) is 9.97. The minimum atomic E-state index is 0.309. The van der Waals surface area contributed by atoms with Gasteiger partial charge < -0.3 is 10.2 Å². The fraction of sp³-hybridized carbons (Fsp3) is 0.727. The van der Waals surface area contributed by atoms with Gasteiger partial charge in [0.25, 0.3) is 0 Å². The van der Waals surface area contributed by atoms with Gasteiger partial charge in [0.2, 0.25) is 5.91 Å². The molecular weight excluding hydrogens is 176 g/mol. The average molecular weight is 194 g/mol. The Kier molecular flexibility index (Phi) is 2.87. The highest BCUT2D eigenvalue weighted by Crippen LogP contribution is 2.23. The van der Waals surface area contributed by atoms with Crippen molar-refractivity contribution in [1.82, 2.24) is 10.2 Å². The maximum absolute atomic E-state index is 11.7. The molecule has 1 N–H and O–H groups in total. The standard InChI is InChI=1S/C11H18N2O/c1-2-9-6-11(14)13(8-9)10-4-3-5-12-7-10/h2,9-10,12H,1,3-8H2/t9?,10-/m1/s1. The molecule has 0 radical (unpaired) electrons. The molecule has 0 aromatic heterocycles. The molecule has 3 heteroatoms. The highest BCUT2D eigenvalue weighted by Gasteiger charge is 2.33. The zero-order valence-corrected chi connectivity index (χ0v) is 8.54. The van der Waals surface area contributed by atoms with Crippen LogP contribution in [0, 0.1) is 5.92 Å². The van der Waals surface area contributed by atoms with E-state index in [2.05, 4.69) is 11.9 Å². The van der Waals surface area contributed by atoms with Crippen LogP contribution in [0.2, 0.25) is 0 Å². The molecule has 2 heterocycles. The molecule has 2 atom stereocenters. The number of likely N-dealkylation sites (tertiary alicyclic amines) is 1. The van der Waals surface area contributed by atoms with Gasteiger partial charge in [-0.15, -0.1) is 6.58 Å².